The average molecular weight is 289 g/mol. The molecule has 1 N–H and O–H groups in total. The van der Waals surface area contributed by atoms with Crippen LogP contribution in [0.5, 0.6) is 0 Å². The van der Waals surface area contributed by atoms with Gasteiger partial charge in [-0.1, -0.05) is 16.8 Å². The molecule has 7 nitrogen and oxygen atoms in total. The van der Waals surface area contributed by atoms with E-state index in [4.69, 9.17) is 16.1 Å². The van der Waals surface area contributed by atoms with Crippen LogP contribution in [0.15, 0.2) is 23.0 Å². The third-order valence-electron chi connectivity index (χ3n) is 1.91. The maximum Gasteiger partial charge on any atom is 0.239 e. The summed E-state index contributed by atoms with van der Waals surface area (Å²) in [6.45, 7) is 1.68. The highest BCUT2D eigenvalue weighted by atomic mass is 35.5. The number of nitrogens with zero attached hydrogens (tertiary/aromatic N) is 3. The second-order valence-electron chi connectivity index (χ2n) is 3.52. The fourth-order valence-electron chi connectivity index (χ4n) is 1.27. The summed E-state index contributed by atoms with van der Waals surface area (Å²) in [5, 5.41) is 3.76. The van der Waals surface area contributed by atoms with Gasteiger partial charge in [0.15, 0.2) is 0 Å². The summed E-state index contributed by atoms with van der Waals surface area (Å²) in [5.41, 5.74) is 0.320. The molecule has 0 aliphatic rings. The van der Waals surface area contributed by atoms with Crippen LogP contribution in [0.4, 0.5) is 5.82 Å². The molecule has 0 saturated heterocycles. The lowest BCUT2D eigenvalue weighted by atomic mass is 10.4. The first-order valence-electron chi connectivity index (χ1n) is 4.85. The van der Waals surface area contributed by atoms with Crippen LogP contribution in [0, 0.1) is 6.92 Å². The molecule has 0 spiro atoms. The number of aryl methyl sites for hydroxylation is 1. The summed E-state index contributed by atoms with van der Waals surface area (Å²) in [5.74, 6) is 0.354. The molecule has 0 bridgehead atoms. The normalized spacial score (nSPS) is 11.4. The summed E-state index contributed by atoms with van der Waals surface area (Å²) in [6.07, 6.45) is 1.17. The Labute approximate surface area is 108 Å². The minimum atomic E-state index is -3.61. The molecule has 0 aliphatic carbocycles. The van der Waals surface area contributed by atoms with E-state index in [-0.39, 0.29) is 16.7 Å². The van der Waals surface area contributed by atoms with Crippen molar-refractivity contribution in [3.05, 3.63) is 35.1 Å². The molecule has 96 valence electrons. The van der Waals surface area contributed by atoms with Crippen molar-refractivity contribution in [1.29, 1.82) is 0 Å². The SMILES string of the molecule is Cc1cc(CS(=O)(=O)Nc2cc(Cl)ncn2)no1. The van der Waals surface area contributed by atoms with Crippen molar-refractivity contribution in [2.75, 3.05) is 4.72 Å². The molecule has 2 rings (SSSR count). The lowest BCUT2D eigenvalue weighted by Gasteiger charge is -2.04. The number of hydrogen-bond acceptors (Lipinski definition) is 6. The second kappa shape index (κ2) is 4.91. The van der Waals surface area contributed by atoms with Gasteiger partial charge in [0.05, 0.1) is 0 Å². The monoisotopic (exact) mass is 288 g/mol. The van der Waals surface area contributed by atoms with Crippen LogP contribution in [0.3, 0.4) is 0 Å². The first-order valence-corrected chi connectivity index (χ1v) is 6.88. The largest absolute Gasteiger partial charge is 0.361 e. The highest BCUT2D eigenvalue weighted by Crippen LogP contribution is 2.13. The molecule has 0 amide bonds. The summed E-state index contributed by atoms with van der Waals surface area (Å²) >= 11 is 5.62. The van der Waals surface area contributed by atoms with Crippen LogP contribution >= 0.6 is 11.6 Å². The Balaban J connectivity index is 2.12. The van der Waals surface area contributed by atoms with Crippen molar-refractivity contribution in [2.45, 2.75) is 12.7 Å². The van der Waals surface area contributed by atoms with Gasteiger partial charge in [-0.25, -0.2) is 18.4 Å². The van der Waals surface area contributed by atoms with E-state index < -0.39 is 10.0 Å². The van der Waals surface area contributed by atoms with Crippen molar-refractivity contribution in [3.63, 3.8) is 0 Å². The Morgan fingerprint density at radius 3 is 2.78 bits per heavy atom. The van der Waals surface area contributed by atoms with E-state index in [2.05, 4.69) is 19.8 Å². The number of halogens is 1. The van der Waals surface area contributed by atoms with E-state index in [9.17, 15) is 8.42 Å². The van der Waals surface area contributed by atoms with E-state index in [1.807, 2.05) is 0 Å². The van der Waals surface area contributed by atoms with Crippen molar-refractivity contribution in [3.8, 4) is 0 Å². The Morgan fingerprint density at radius 1 is 1.39 bits per heavy atom. The minimum absolute atomic E-state index is 0.107. The van der Waals surface area contributed by atoms with Gasteiger partial charge in [0.1, 0.15) is 34.5 Å². The average Bonchev–Trinajstić information content (AvgIpc) is 2.62. The van der Waals surface area contributed by atoms with Gasteiger partial charge in [-0.15, -0.1) is 0 Å². The number of sulfonamides is 1. The van der Waals surface area contributed by atoms with E-state index >= 15 is 0 Å². The van der Waals surface area contributed by atoms with Crippen LogP contribution in [0.1, 0.15) is 11.5 Å². The number of hydrogen-bond donors (Lipinski definition) is 1. The molecular weight excluding hydrogens is 280 g/mol. The third kappa shape index (κ3) is 3.41. The predicted octanol–water partition coefficient (Wildman–Crippen LogP) is 1.37. The molecule has 0 saturated carbocycles. The van der Waals surface area contributed by atoms with Crippen molar-refractivity contribution < 1.29 is 12.9 Å². The molecule has 0 unspecified atom stereocenters. The fraction of sp³-hybridized carbons (Fsp3) is 0.222. The molecule has 0 aliphatic heterocycles. The second-order valence-corrected chi connectivity index (χ2v) is 5.63. The van der Waals surface area contributed by atoms with Crippen LogP contribution in [0.25, 0.3) is 0 Å². The molecule has 0 fully saturated rings. The first kappa shape index (κ1) is 12.8. The quantitative estimate of drug-likeness (QED) is 0.853. The molecule has 0 atom stereocenters. The molecule has 18 heavy (non-hydrogen) atoms. The summed E-state index contributed by atoms with van der Waals surface area (Å²) < 4.78 is 30.6. The zero-order valence-corrected chi connectivity index (χ0v) is 10.9. The molecule has 0 radical (unpaired) electrons. The van der Waals surface area contributed by atoms with Crippen molar-refractivity contribution >= 4 is 27.4 Å². The lowest BCUT2D eigenvalue weighted by Crippen LogP contribution is -2.16. The van der Waals surface area contributed by atoms with E-state index in [0.29, 0.717) is 11.5 Å². The minimum Gasteiger partial charge on any atom is -0.361 e. The molecule has 0 aromatic carbocycles. The van der Waals surface area contributed by atoms with E-state index in [1.54, 1.807) is 13.0 Å². The molecular formula is C9H9ClN4O3S. The number of nitrogens with one attached hydrogen (secondary N) is 1. The number of anilines is 1. The molecule has 9 heteroatoms. The highest BCUT2D eigenvalue weighted by molar-refractivity contribution is 7.91. The zero-order chi connectivity index (χ0) is 13.2. The summed E-state index contributed by atoms with van der Waals surface area (Å²) in [7, 11) is -3.61. The maximum absolute atomic E-state index is 11.8. The smallest absolute Gasteiger partial charge is 0.239 e. The lowest BCUT2D eigenvalue weighted by molar-refractivity contribution is 0.392. The highest BCUT2D eigenvalue weighted by Gasteiger charge is 2.15. The third-order valence-corrected chi connectivity index (χ3v) is 3.31. The van der Waals surface area contributed by atoms with Gasteiger partial charge in [-0.05, 0) is 6.92 Å². The van der Waals surface area contributed by atoms with Crippen LogP contribution < -0.4 is 4.72 Å². The molecule has 2 aromatic rings. The van der Waals surface area contributed by atoms with Gasteiger partial charge in [0.25, 0.3) is 0 Å². The van der Waals surface area contributed by atoms with Gasteiger partial charge in [0.2, 0.25) is 10.0 Å². The van der Waals surface area contributed by atoms with Crippen LogP contribution in [0.2, 0.25) is 5.15 Å². The Kier molecular flexibility index (Phi) is 3.48. The fourth-order valence-corrected chi connectivity index (χ4v) is 2.44. The molecule has 2 aromatic heterocycles. The van der Waals surface area contributed by atoms with Gasteiger partial charge in [-0.3, -0.25) is 4.72 Å². The van der Waals surface area contributed by atoms with Crippen LogP contribution in [-0.2, 0) is 15.8 Å². The van der Waals surface area contributed by atoms with Crippen molar-refractivity contribution in [2.24, 2.45) is 0 Å². The number of aromatic nitrogens is 3. The first-order chi connectivity index (χ1) is 8.44. The molecule has 2 heterocycles. The van der Waals surface area contributed by atoms with Gasteiger partial charge in [-0.2, -0.15) is 0 Å². The Bertz CT molecular complexity index is 655. The summed E-state index contributed by atoms with van der Waals surface area (Å²) in [6, 6.07) is 2.86. The Morgan fingerprint density at radius 2 is 2.17 bits per heavy atom. The van der Waals surface area contributed by atoms with E-state index in [0.717, 1.165) is 0 Å². The maximum atomic E-state index is 11.8. The van der Waals surface area contributed by atoms with Crippen molar-refractivity contribution in [1.82, 2.24) is 15.1 Å². The zero-order valence-electron chi connectivity index (χ0n) is 9.29. The van der Waals surface area contributed by atoms with E-state index in [1.165, 1.54) is 12.4 Å². The topological polar surface area (TPSA) is 98.0 Å². The number of rotatable bonds is 4. The summed E-state index contributed by atoms with van der Waals surface area (Å²) in [4.78, 5) is 7.39. The van der Waals surface area contributed by atoms with Gasteiger partial charge in [0, 0.05) is 12.1 Å². The van der Waals surface area contributed by atoms with Crippen LogP contribution in [-0.4, -0.2) is 23.5 Å². The standard InChI is InChI=1S/C9H9ClN4O3S/c1-6-2-7(13-17-6)4-18(15,16)14-9-3-8(10)11-5-12-9/h2-3,5H,4H2,1H3,(H,11,12,14). The van der Waals surface area contributed by atoms with Gasteiger partial charge >= 0.3 is 0 Å². The Hall–Kier alpha value is -1.67. The van der Waals surface area contributed by atoms with Gasteiger partial charge < -0.3 is 4.52 Å². The predicted molar refractivity (Wildman–Crippen MR) is 64.5 cm³/mol.